The van der Waals surface area contributed by atoms with Crippen molar-refractivity contribution in [2.75, 3.05) is 7.05 Å². The largest absolute Gasteiger partial charge is 0.480 e. The van der Waals surface area contributed by atoms with Gasteiger partial charge in [0.05, 0.1) is 0 Å². The molecule has 3 rings (SSSR count). The Hall–Kier alpha value is -1.85. The first kappa shape index (κ1) is 14.1. The van der Waals surface area contributed by atoms with Crippen molar-refractivity contribution in [3.8, 4) is 0 Å². The number of fused-ring (bicyclic) bond motifs is 2. The van der Waals surface area contributed by atoms with Gasteiger partial charge in [-0.25, -0.2) is 0 Å². The summed E-state index contributed by atoms with van der Waals surface area (Å²) in [4.78, 5) is 11.5. The maximum atomic E-state index is 11.5. The van der Waals surface area contributed by atoms with Crippen LogP contribution in [0, 0.1) is 0 Å². The average Bonchev–Trinajstić information content (AvgIpc) is 3.03. The van der Waals surface area contributed by atoms with Crippen LogP contribution in [-0.4, -0.2) is 22.7 Å². The molecule has 0 saturated heterocycles. The van der Waals surface area contributed by atoms with Gasteiger partial charge in [-0.15, -0.1) is 0 Å². The van der Waals surface area contributed by atoms with Crippen molar-refractivity contribution in [1.29, 1.82) is 0 Å². The molecule has 0 aliphatic carbocycles. The van der Waals surface area contributed by atoms with Gasteiger partial charge in [0.1, 0.15) is 6.04 Å². The number of rotatable bonds is 5. The number of nitrogens with one attached hydrogen (secondary N) is 2. The van der Waals surface area contributed by atoms with Crippen molar-refractivity contribution in [2.24, 2.45) is 0 Å². The fourth-order valence-corrected chi connectivity index (χ4v) is 3.18. The highest BCUT2D eigenvalue weighted by atomic mass is 16.4. The molecule has 0 bridgehead atoms. The molecule has 5 nitrogen and oxygen atoms in total. The molecule has 2 heterocycles. The van der Waals surface area contributed by atoms with Gasteiger partial charge in [0, 0.05) is 42.3 Å². The molecule has 112 valence electrons. The van der Waals surface area contributed by atoms with Crippen LogP contribution in [0.4, 0.5) is 0 Å². The highest BCUT2D eigenvalue weighted by Crippen LogP contribution is 2.31. The van der Waals surface area contributed by atoms with Crippen LogP contribution in [0.5, 0.6) is 0 Å². The lowest BCUT2D eigenvalue weighted by atomic mass is 10.0. The minimum atomic E-state index is -0.841. The number of nitrogens with zero attached hydrogens (tertiary/aromatic N) is 1. The third-order valence-electron chi connectivity index (χ3n) is 4.18. The summed E-state index contributed by atoms with van der Waals surface area (Å²) >= 11 is 0. The Kier molecular flexibility index (Phi) is 3.69. The van der Waals surface area contributed by atoms with E-state index in [9.17, 15) is 9.90 Å². The van der Waals surface area contributed by atoms with Crippen molar-refractivity contribution in [1.82, 2.24) is 15.2 Å². The molecule has 1 aromatic heterocycles. The number of aromatic nitrogens is 1. The van der Waals surface area contributed by atoms with Crippen molar-refractivity contribution in [3.63, 3.8) is 0 Å². The van der Waals surface area contributed by atoms with Gasteiger partial charge in [0.2, 0.25) is 0 Å². The molecule has 5 heteroatoms. The van der Waals surface area contributed by atoms with Gasteiger partial charge >= 0.3 is 5.97 Å². The Bertz CT molecular complexity index is 690. The summed E-state index contributed by atoms with van der Waals surface area (Å²) in [6, 6.07) is 3.69. The summed E-state index contributed by atoms with van der Waals surface area (Å²) in [6.07, 6.45) is 3.02. The smallest absolute Gasteiger partial charge is 0.325 e. The van der Waals surface area contributed by atoms with E-state index in [2.05, 4.69) is 34.3 Å². The first-order valence-electron chi connectivity index (χ1n) is 7.41. The molecular weight excluding hydrogens is 266 g/mol. The molecule has 1 unspecified atom stereocenters. The zero-order valence-corrected chi connectivity index (χ0v) is 12.4. The fourth-order valence-electron chi connectivity index (χ4n) is 3.18. The van der Waals surface area contributed by atoms with Crippen molar-refractivity contribution >= 4 is 16.9 Å². The summed E-state index contributed by atoms with van der Waals surface area (Å²) < 4.78 is 2.18. The van der Waals surface area contributed by atoms with Crippen LogP contribution in [0.1, 0.15) is 36.1 Å². The van der Waals surface area contributed by atoms with E-state index in [4.69, 9.17) is 0 Å². The molecule has 2 aromatic rings. The molecule has 21 heavy (non-hydrogen) atoms. The Morgan fingerprint density at radius 1 is 1.43 bits per heavy atom. The molecule has 1 aliphatic rings. The van der Waals surface area contributed by atoms with Crippen LogP contribution in [0.2, 0.25) is 0 Å². The van der Waals surface area contributed by atoms with Crippen LogP contribution in [0.15, 0.2) is 18.3 Å². The van der Waals surface area contributed by atoms with E-state index >= 15 is 0 Å². The number of aliphatic carboxylic acids is 1. The van der Waals surface area contributed by atoms with Gasteiger partial charge < -0.3 is 20.3 Å². The maximum Gasteiger partial charge on any atom is 0.325 e. The van der Waals surface area contributed by atoms with E-state index in [1.54, 1.807) is 7.05 Å². The van der Waals surface area contributed by atoms with Gasteiger partial charge in [-0.1, -0.05) is 6.92 Å². The quantitative estimate of drug-likeness (QED) is 0.787. The molecule has 1 aromatic carbocycles. The Morgan fingerprint density at radius 3 is 2.76 bits per heavy atom. The first-order chi connectivity index (χ1) is 10.2. The Morgan fingerprint density at radius 2 is 2.14 bits per heavy atom. The summed E-state index contributed by atoms with van der Waals surface area (Å²) in [5, 5.41) is 16.7. The van der Waals surface area contributed by atoms with Crippen LogP contribution in [-0.2, 0) is 24.4 Å². The van der Waals surface area contributed by atoms with E-state index in [1.165, 1.54) is 11.1 Å². The molecule has 0 spiro atoms. The van der Waals surface area contributed by atoms with Crippen molar-refractivity contribution in [2.45, 2.75) is 39.0 Å². The monoisotopic (exact) mass is 287 g/mol. The minimum Gasteiger partial charge on any atom is -0.480 e. The normalized spacial score (nSPS) is 15.3. The van der Waals surface area contributed by atoms with E-state index in [0.717, 1.165) is 42.5 Å². The molecule has 0 saturated carbocycles. The molecule has 3 N–H and O–H groups in total. The fraction of sp³-hybridized carbons (Fsp3) is 0.438. The zero-order chi connectivity index (χ0) is 15.0. The third kappa shape index (κ3) is 2.32. The van der Waals surface area contributed by atoms with Gasteiger partial charge in [-0.05, 0) is 36.7 Å². The highest BCUT2D eigenvalue weighted by molar-refractivity contribution is 5.91. The standard InChI is InChI=1S/C16H21N3O2/c1-3-4-19-9-13(15(17-2)16(20)21)12-5-10-7-18-8-11(10)6-14(12)19/h5-6,9,15,17-18H,3-4,7-8H2,1-2H3,(H,20,21). The number of carboxylic acids is 1. The van der Waals surface area contributed by atoms with Crippen LogP contribution >= 0.6 is 0 Å². The molecule has 0 radical (unpaired) electrons. The van der Waals surface area contributed by atoms with E-state index in [0.29, 0.717) is 0 Å². The van der Waals surface area contributed by atoms with Crippen molar-refractivity contribution < 1.29 is 9.90 Å². The summed E-state index contributed by atoms with van der Waals surface area (Å²) in [5.41, 5.74) is 4.58. The number of carbonyl (C=O) groups is 1. The van der Waals surface area contributed by atoms with Crippen molar-refractivity contribution in [3.05, 3.63) is 35.0 Å². The van der Waals surface area contributed by atoms with Gasteiger partial charge in [0.25, 0.3) is 0 Å². The Balaban J connectivity index is 2.22. The molecule has 1 atom stereocenters. The SMILES string of the molecule is CCCn1cc(C(NC)C(=O)O)c2cc3c(cc21)CNC3. The number of aryl methyl sites for hydroxylation is 1. The number of likely N-dealkylation sites (N-methyl/N-ethyl adjacent to an activating group) is 1. The van der Waals surface area contributed by atoms with E-state index in [1.807, 2.05) is 6.20 Å². The third-order valence-corrected chi connectivity index (χ3v) is 4.18. The lowest BCUT2D eigenvalue weighted by Crippen LogP contribution is -2.24. The van der Waals surface area contributed by atoms with Crippen LogP contribution in [0.25, 0.3) is 10.9 Å². The van der Waals surface area contributed by atoms with Gasteiger partial charge in [-0.3, -0.25) is 4.79 Å². The zero-order valence-electron chi connectivity index (χ0n) is 12.4. The molecule has 1 aliphatic heterocycles. The highest BCUT2D eigenvalue weighted by Gasteiger charge is 2.24. The average molecular weight is 287 g/mol. The second-order valence-corrected chi connectivity index (χ2v) is 5.58. The van der Waals surface area contributed by atoms with Crippen LogP contribution in [0.3, 0.4) is 0 Å². The lowest BCUT2D eigenvalue weighted by Gasteiger charge is -2.10. The molecular formula is C16H21N3O2. The number of benzene rings is 1. The number of hydrogen-bond acceptors (Lipinski definition) is 3. The number of hydrogen-bond donors (Lipinski definition) is 3. The van der Waals surface area contributed by atoms with E-state index in [-0.39, 0.29) is 0 Å². The predicted molar refractivity (Wildman–Crippen MR) is 82.2 cm³/mol. The maximum absolute atomic E-state index is 11.5. The summed E-state index contributed by atoms with van der Waals surface area (Å²) in [6.45, 7) is 4.79. The van der Waals surface area contributed by atoms with Crippen LogP contribution < -0.4 is 10.6 Å². The topological polar surface area (TPSA) is 66.3 Å². The van der Waals surface area contributed by atoms with Gasteiger partial charge in [-0.2, -0.15) is 0 Å². The van der Waals surface area contributed by atoms with E-state index < -0.39 is 12.0 Å². The first-order valence-corrected chi connectivity index (χ1v) is 7.41. The Labute approximate surface area is 124 Å². The second-order valence-electron chi connectivity index (χ2n) is 5.58. The molecule has 0 fully saturated rings. The second kappa shape index (κ2) is 5.50. The number of carboxylic acid groups (broad SMARTS) is 1. The minimum absolute atomic E-state index is 0.669. The summed E-state index contributed by atoms with van der Waals surface area (Å²) in [7, 11) is 1.69. The van der Waals surface area contributed by atoms with Gasteiger partial charge in [0.15, 0.2) is 0 Å². The summed E-state index contributed by atoms with van der Waals surface area (Å²) in [5.74, 6) is -0.841. The molecule has 0 amide bonds. The predicted octanol–water partition coefficient (Wildman–Crippen LogP) is 2.00. The lowest BCUT2D eigenvalue weighted by molar-refractivity contribution is -0.139.